The lowest BCUT2D eigenvalue weighted by molar-refractivity contribution is -0.144. The summed E-state index contributed by atoms with van der Waals surface area (Å²) in [6.07, 6.45) is 0.866. The van der Waals surface area contributed by atoms with Crippen molar-refractivity contribution in [3.8, 4) is 6.07 Å². The van der Waals surface area contributed by atoms with E-state index in [-0.39, 0.29) is 17.8 Å². The summed E-state index contributed by atoms with van der Waals surface area (Å²) in [4.78, 5) is 11.4. The van der Waals surface area contributed by atoms with Crippen LogP contribution >= 0.6 is 0 Å². The molecule has 0 amide bonds. The number of ether oxygens (including phenoxy) is 1. The molecular formula is C13H13NO2. The molecule has 0 saturated heterocycles. The van der Waals surface area contributed by atoms with Crippen molar-refractivity contribution in [1.82, 2.24) is 0 Å². The molecule has 0 N–H and O–H groups in total. The average molecular weight is 215 g/mol. The Labute approximate surface area is 94.6 Å². The molecule has 1 aliphatic rings. The lowest BCUT2D eigenvalue weighted by Gasteiger charge is -2.01. The maximum atomic E-state index is 11.4. The third kappa shape index (κ3) is 2.06. The molecule has 1 aromatic rings. The fourth-order valence-electron chi connectivity index (χ4n) is 1.88. The van der Waals surface area contributed by atoms with Gasteiger partial charge in [0.25, 0.3) is 0 Å². The molecule has 82 valence electrons. The minimum absolute atomic E-state index is 0.0212. The second-order valence-electron chi connectivity index (χ2n) is 3.93. The van der Waals surface area contributed by atoms with Crippen LogP contribution in [0.2, 0.25) is 0 Å². The van der Waals surface area contributed by atoms with E-state index in [2.05, 4.69) is 6.07 Å². The van der Waals surface area contributed by atoms with Gasteiger partial charge in [0.15, 0.2) is 0 Å². The first-order valence-corrected chi connectivity index (χ1v) is 5.43. The predicted molar refractivity (Wildman–Crippen MR) is 58.6 cm³/mol. The molecule has 2 rings (SSSR count). The number of nitrogens with zero attached hydrogens (tertiary/aromatic N) is 1. The molecule has 0 radical (unpaired) electrons. The van der Waals surface area contributed by atoms with Crippen LogP contribution in [-0.2, 0) is 9.53 Å². The quantitative estimate of drug-likeness (QED) is 0.726. The summed E-state index contributed by atoms with van der Waals surface area (Å²) >= 11 is 0. The summed E-state index contributed by atoms with van der Waals surface area (Å²) in [6.45, 7) is 2.26. The largest absolute Gasteiger partial charge is 0.466 e. The number of esters is 1. The molecule has 3 heteroatoms. The molecule has 1 aliphatic carbocycles. The Morgan fingerprint density at radius 1 is 1.50 bits per heavy atom. The molecule has 2 atom stereocenters. The standard InChI is InChI=1S/C13H13NO2/c1-2-16-13(15)12-7-11(12)10-5-3-9(8-14)4-6-10/h3-6,11-12H,2,7H2,1H3/t11-,12+/m1/s1. The van der Waals surface area contributed by atoms with Crippen molar-refractivity contribution >= 4 is 5.97 Å². The maximum absolute atomic E-state index is 11.4. The molecule has 1 fully saturated rings. The Kier molecular flexibility index (Phi) is 2.91. The van der Waals surface area contributed by atoms with Crippen LogP contribution in [0.15, 0.2) is 24.3 Å². The summed E-state index contributed by atoms with van der Waals surface area (Å²) < 4.78 is 4.97. The minimum atomic E-state index is -0.100. The molecule has 0 spiro atoms. The van der Waals surface area contributed by atoms with E-state index in [0.29, 0.717) is 12.2 Å². The second kappa shape index (κ2) is 4.36. The summed E-state index contributed by atoms with van der Waals surface area (Å²) in [5, 5.41) is 8.67. The zero-order chi connectivity index (χ0) is 11.5. The Morgan fingerprint density at radius 3 is 2.75 bits per heavy atom. The Bertz CT molecular complexity index is 430. The van der Waals surface area contributed by atoms with E-state index in [0.717, 1.165) is 12.0 Å². The Hall–Kier alpha value is -1.82. The van der Waals surface area contributed by atoms with Crippen LogP contribution in [0.25, 0.3) is 0 Å². The molecule has 1 aromatic carbocycles. The minimum Gasteiger partial charge on any atom is -0.466 e. The first-order chi connectivity index (χ1) is 7.76. The van der Waals surface area contributed by atoms with Gasteiger partial charge < -0.3 is 4.74 Å². The van der Waals surface area contributed by atoms with Crippen LogP contribution < -0.4 is 0 Å². The van der Waals surface area contributed by atoms with Crippen LogP contribution in [0.4, 0.5) is 0 Å². The molecule has 16 heavy (non-hydrogen) atoms. The van der Waals surface area contributed by atoms with Gasteiger partial charge in [0, 0.05) is 0 Å². The van der Waals surface area contributed by atoms with Crippen molar-refractivity contribution in [2.75, 3.05) is 6.61 Å². The van der Waals surface area contributed by atoms with Gasteiger partial charge in [-0.25, -0.2) is 0 Å². The fourth-order valence-corrected chi connectivity index (χ4v) is 1.88. The number of hydrogen-bond acceptors (Lipinski definition) is 3. The van der Waals surface area contributed by atoms with E-state index in [4.69, 9.17) is 10.00 Å². The van der Waals surface area contributed by atoms with Crippen LogP contribution in [-0.4, -0.2) is 12.6 Å². The normalized spacial score (nSPS) is 22.2. The highest BCUT2D eigenvalue weighted by Gasteiger charge is 2.44. The SMILES string of the molecule is CCOC(=O)[C@H]1C[C@@H]1c1ccc(C#N)cc1. The number of hydrogen-bond donors (Lipinski definition) is 0. The van der Waals surface area contributed by atoms with E-state index in [1.165, 1.54) is 0 Å². The molecule has 0 bridgehead atoms. The number of carbonyl (C=O) groups excluding carboxylic acids is 1. The summed E-state index contributed by atoms with van der Waals surface area (Å²) in [5.41, 5.74) is 1.77. The Morgan fingerprint density at radius 2 is 2.19 bits per heavy atom. The molecular weight excluding hydrogens is 202 g/mol. The maximum Gasteiger partial charge on any atom is 0.309 e. The molecule has 0 aliphatic heterocycles. The van der Waals surface area contributed by atoms with Gasteiger partial charge >= 0.3 is 5.97 Å². The van der Waals surface area contributed by atoms with Gasteiger partial charge in [-0.05, 0) is 37.0 Å². The third-order valence-electron chi connectivity index (χ3n) is 2.85. The highest BCUT2D eigenvalue weighted by Crippen LogP contribution is 2.48. The van der Waals surface area contributed by atoms with Gasteiger partial charge in [0.05, 0.1) is 24.2 Å². The summed E-state index contributed by atoms with van der Waals surface area (Å²) in [7, 11) is 0. The smallest absolute Gasteiger partial charge is 0.309 e. The highest BCUT2D eigenvalue weighted by atomic mass is 16.5. The lowest BCUT2D eigenvalue weighted by Crippen LogP contribution is -2.07. The second-order valence-corrected chi connectivity index (χ2v) is 3.93. The van der Waals surface area contributed by atoms with Crippen LogP contribution in [0, 0.1) is 17.2 Å². The fraction of sp³-hybridized carbons (Fsp3) is 0.385. The van der Waals surface area contributed by atoms with Crippen molar-refractivity contribution in [1.29, 1.82) is 5.26 Å². The van der Waals surface area contributed by atoms with Gasteiger partial charge in [-0.15, -0.1) is 0 Å². The highest BCUT2D eigenvalue weighted by molar-refractivity contribution is 5.77. The average Bonchev–Trinajstić information content (AvgIpc) is 3.09. The topological polar surface area (TPSA) is 50.1 Å². The van der Waals surface area contributed by atoms with Crippen molar-refractivity contribution in [3.05, 3.63) is 35.4 Å². The van der Waals surface area contributed by atoms with E-state index >= 15 is 0 Å². The zero-order valence-electron chi connectivity index (χ0n) is 9.14. The molecule has 0 unspecified atom stereocenters. The number of nitriles is 1. The van der Waals surface area contributed by atoms with Gasteiger partial charge in [-0.1, -0.05) is 12.1 Å². The van der Waals surface area contributed by atoms with E-state index in [9.17, 15) is 4.79 Å². The van der Waals surface area contributed by atoms with Crippen molar-refractivity contribution in [3.63, 3.8) is 0 Å². The van der Waals surface area contributed by atoms with Crippen LogP contribution in [0.5, 0.6) is 0 Å². The van der Waals surface area contributed by atoms with E-state index in [1.807, 2.05) is 19.1 Å². The van der Waals surface area contributed by atoms with Gasteiger partial charge in [-0.2, -0.15) is 5.26 Å². The predicted octanol–water partition coefficient (Wildman–Crippen LogP) is 2.22. The number of rotatable bonds is 3. The van der Waals surface area contributed by atoms with Crippen molar-refractivity contribution in [2.45, 2.75) is 19.3 Å². The first-order valence-electron chi connectivity index (χ1n) is 5.43. The molecule has 0 heterocycles. The molecule has 0 aromatic heterocycles. The zero-order valence-corrected chi connectivity index (χ0v) is 9.14. The van der Waals surface area contributed by atoms with Crippen LogP contribution in [0.1, 0.15) is 30.4 Å². The van der Waals surface area contributed by atoms with Crippen molar-refractivity contribution in [2.24, 2.45) is 5.92 Å². The van der Waals surface area contributed by atoms with Crippen molar-refractivity contribution < 1.29 is 9.53 Å². The number of benzene rings is 1. The summed E-state index contributed by atoms with van der Waals surface area (Å²) in [6, 6.07) is 9.49. The van der Waals surface area contributed by atoms with Crippen LogP contribution in [0.3, 0.4) is 0 Å². The first kappa shape index (κ1) is 10.7. The van der Waals surface area contributed by atoms with E-state index in [1.54, 1.807) is 12.1 Å². The monoisotopic (exact) mass is 215 g/mol. The summed E-state index contributed by atoms with van der Waals surface area (Å²) in [5.74, 6) is 0.205. The lowest BCUT2D eigenvalue weighted by atomic mass is 10.1. The van der Waals surface area contributed by atoms with Gasteiger partial charge in [-0.3, -0.25) is 4.79 Å². The molecule has 1 saturated carbocycles. The molecule has 3 nitrogen and oxygen atoms in total. The third-order valence-corrected chi connectivity index (χ3v) is 2.85. The van der Waals surface area contributed by atoms with Gasteiger partial charge in [0.1, 0.15) is 0 Å². The van der Waals surface area contributed by atoms with Gasteiger partial charge in [0.2, 0.25) is 0 Å². The Balaban J connectivity index is 2.01. The number of carbonyl (C=O) groups is 1. The van der Waals surface area contributed by atoms with E-state index < -0.39 is 0 Å².